The molecule has 1 aromatic rings. The number of aliphatic hydroxyl groups is 1. The zero-order valence-corrected chi connectivity index (χ0v) is 12.9. The van der Waals surface area contributed by atoms with Crippen LogP contribution < -0.4 is 10.6 Å². The molecule has 2 aliphatic carbocycles. The van der Waals surface area contributed by atoms with Crippen LogP contribution >= 0.6 is 0 Å². The molecule has 3 rings (SSSR count). The predicted octanol–water partition coefficient (Wildman–Crippen LogP) is 2.53. The zero-order valence-electron chi connectivity index (χ0n) is 12.9. The maximum absolute atomic E-state index is 12.3. The minimum absolute atomic E-state index is 0.107. The number of nitrogens with zero attached hydrogens (tertiary/aromatic N) is 1. The van der Waals surface area contributed by atoms with Crippen LogP contribution in [0.1, 0.15) is 56.7 Å². The van der Waals surface area contributed by atoms with Crippen molar-refractivity contribution in [3.8, 4) is 0 Å². The van der Waals surface area contributed by atoms with Gasteiger partial charge in [0.15, 0.2) is 0 Å². The highest BCUT2D eigenvalue weighted by Crippen LogP contribution is 2.37. The van der Waals surface area contributed by atoms with Crippen molar-refractivity contribution >= 4 is 6.03 Å². The van der Waals surface area contributed by atoms with Gasteiger partial charge in [-0.25, -0.2) is 4.79 Å². The average molecular weight is 303 g/mol. The molecule has 1 aromatic heterocycles. The molecule has 1 heterocycles. The van der Waals surface area contributed by atoms with Crippen molar-refractivity contribution in [3.05, 3.63) is 30.1 Å². The molecular formula is C17H25N3O2. The van der Waals surface area contributed by atoms with Crippen molar-refractivity contribution in [1.82, 2.24) is 15.6 Å². The third-order valence-electron chi connectivity index (χ3n) is 4.85. The smallest absolute Gasteiger partial charge is 0.315 e. The highest BCUT2D eigenvalue weighted by molar-refractivity contribution is 5.74. The van der Waals surface area contributed by atoms with Gasteiger partial charge in [0.1, 0.15) is 0 Å². The van der Waals surface area contributed by atoms with E-state index in [-0.39, 0.29) is 24.1 Å². The van der Waals surface area contributed by atoms with Crippen LogP contribution in [0.3, 0.4) is 0 Å². The highest BCUT2D eigenvalue weighted by Gasteiger charge is 2.36. The third-order valence-corrected chi connectivity index (χ3v) is 4.85. The van der Waals surface area contributed by atoms with Crippen molar-refractivity contribution in [3.63, 3.8) is 0 Å². The SMILES string of the molecule is O=C(NC1CCCCC1)NC(c1ccccn1)C1CC(O)C1. The van der Waals surface area contributed by atoms with E-state index in [1.165, 1.54) is 19.3 Å². The van der Waals surface area contributed by atoms with E-state index in [0.29, 0.717) is 6.04 Å². The summed E-state index contributed by atoms with van der Waals surface area (Å²) in [5.41, 5.74) is 0.873. The number of aromatic nitrogens is 1. The van der Waals surface area contributed by atoms with Crippen LogP contribution in [0.2, 0.25) is 0 Å². The fourth-order valence-electron chi connectivity index (χ4n) is 3.51. The topological polar surface area (TPSA) is 74.2 Å². The van der Waals surface area contributed by atoms with Crippen LogP contribution in [0, 0.1) is 5.92 Å². The third kappa shape index (κ3) is 3.77. The number of carbonyl (C=O) groups is 1. The van der Waals surface area contributed by atoms with Gasteiger partial charge in [-0.15, -0.1) is 0 Å². The quantitative estimate of drug-likeness (QED) is 0.800. The first-order valence-electron chi connectivity index (χ1n) is 8.38. The lowest BCUT2D eigenvalue weighted by molar-refractivity contribution is 0.0251. The average Bonchev–Trinajstić information content (AvgIpc) is 2.52. The second kappa shape index (κ2) is 7.09. The van der Waals surface area contributed by atoms with Gasteiger partial charge in [0, 0.05) is 12.2 Å². The summed E-state index contributed by atoms with van der Waals surface area (Å²) in [6, 6.07) is 5.82. The lowest BCUT2D eigenvalue weighted by Gasteiger charge is -2.38. The molecule has 0 saturated heterocycles. The Balaban J connectivity index is 1.61. The van der Waals surface area contributed by atoms with E-state index in [4.69, 9.17) is 0 Å². The Labute approximate surface area is 131 Å². The number of rotatable bonds is 4. The van der Waals surface area contributed by atoms with Crippen LogP contribution in [0.5, 0.6) is 0 Å². The molecule has 0 aromatic carbocycles. The molecular weight excluding hydrogens is 278 g/mol. The van der Waals surface area contributed by atoms with E-state index in [1.54, 1.807) is 6.20 Å². The van der Waals surface area contributed by atoms with E-state index in [2.05, 4.69) is 15.6 Å². The Kier molecular flexibility index (Phi) is 4.93. The fraction of sp³-hybridized carbons (Fsp3) is 0.647. The Morgan fingerprint density at radius 1 is 1.23 bits per heavy atom. The van der Waals surface area contributed by atoms with Gasteiger partial charge >= 0.3 is 6.03 Å². The van der Waals surface area contributed by atoms with E-state index in [1.807, 2.05) is 18.2 Å². The van der Waals surface area contributed by atoms with E-state index in [0.717, 1.165) is 31.4 Å². The first kappa shape index (κ1) is 15.3. The summed E-state index contributed by atoms with van der Waals surface area (Å²) >= 11 is 0. The summed E-state index contributed by atoms with van der Waals surface area (Å²) in [6.45, 7) is 0. The number of amides is 2. The van der Waals surface area contributed by atoms with Gasteiger partial charge in [0.2, 0.25) is 0 Å². The molecule has 5 nitrogen and oxygen atoms in total. The summed E-state index contributed by atoms with van der Waals surface area (Å²) in [7, 11) is 0. The largest absolute Gasteiger partial charge is 0.393 e. The van der Waals surface area contributed by atoms with Crippen LogP contribution in [0.4, 0.5) is 4.79 Å². The Morgan fingerprint density at radius 3 is 2.64 bits per heavy atom. The molecule has 2 saturated carbocycles. The molecule has 0 spiro atoms. The molecule has 1 unspecified atom stereocenters. The number of nitrogens with one attached hydrogen (secondary N) is 2. The maximum Gasteiger partial charge on any atom is 0.315 e. The first-order chi connectivity index (χ1) is 10.7. The first-order valence-corrected chi connectivity index (χ1v) is 8.38. The Hall–Kier alpha value is -1.62. The molecule has 2 aliphatic rings. The Bertz CT molecular complexity index is 482. The van der Waals surface area contributed by atoms with Crippen LogP contribution in [-0.4, -0.2) is 28.3 Å². The summed E-state index contributed by atoms with van der Waals surface area (Å²) in [5.74, 6) is 0.266. The molecule has 5 heteroatoms. The number of hydrogen-bond acceptors (Lipinski definition) is 3. The standard InChI is InChI=1S/C17H25N3O2/c21-14-10-12(11-14)16(15-8-4-5-9-18-15)20-17(22)19-13-6-2-1-3-7-13/h4-5,8-9,12-14,16,21H,1-3,6-7,10-11H2,(H2,19,20,22). The molecule has 2 amide bonds. The number of urea groups is 1. The molecule has 0 aliphatic heterocycles. The van der Waals surface area contributed by atoms with Gasteiger partial charge in [-0.1, -0.05) is 25.3 Å². The van der Waals surface area contributed by atoms with Crippen LogP contribution in [0.25, 0.3) is 0 Å². The van der Waals surface area contributed by atoms with Crippen molar-refractivity contribution in [2.45, 2.75) is 63.1 Å². The predicted molar refractivity (Wildman–Crippen MR) is 84.2 cm³/mol. The van der Waals surface area contributed by atoms with Gasteiger partial charge in [0.05, 0.1) is 17.8 Å². The lowest BCUT2D eigenvalue weighted by Crippen LogP contribution is -2.48. The molecule has 3 N–H and O–H groups in total. The van der Waals surface area contributed by atoms with Gasteiger partial charge in [-0.3, -0.25) is 4.98 Å². The lowest BCUT2D eigenvalue weighted by atomic mass is 9.76. The maximum atomic E-state index is 12.3. The van der Waals surface area contributed by atoms with E-state index in [9.17, 15) is 9.90 Å². The molecule has 0 bridgehead atoms. The number of pyridine rings is 1. The van der Waals surface area contributed by atoms with E-state index >= 15 is 0 Å². The van der Waals surface area contributed by atoms with Gasteiger partial charge in [0.25, 0.3) is 0 Å². The molecule has 22 heavy (non-hydrogen) atoms. The summed E-state index contributed by atoms with van der Waals surface area (Å²) in [4.78, 5) is 16.7. The molecule has 0 radical (unpaired) electrons. The zero-order chi connectivity index (χ0) is 15.4. The molecule has 1 atom stereocenters. The Morgan fingerprint density at radius 2 is 2.00 bits per heavy atom. The normalized spacial score (nSPS) is 26.8. The number of hydrogen-bond donors (Lipinski definition) is 3. The van der Waals surface area contributed by atoms with Gasteiger partial charge < -0.3 is 15.7 Å². The monoisotopic (exact) mass is 303 g/mol. The fourth-order valence-corrected chi connectivity index (χ4v) is 3.51. The van der Waals surface area contributed by atoms with Crippen LogP contribution in [0.15, 0.2) is 24.4 Å². The van der Waals surface area contributed by atoms with Crippen molar-refractivity contribution in [2.75, 3.05) is 0 Å². The minimum atomic E-state index is -0.237. The van der Waals surface area contributed by atoms with Crippen molar-refractivity contribution in [2.24, 2.45) is 5.92 Å². The summed E-state index contributed by atoms with van der Waals surface area (Å²) in [5, 5.41) is 15.7. The van der Waals surface area contributed by atoms with Crippen LogP contribution in [-0.2, 0) is 0 Å². The van der Waals surface area contributed by atoms with E-state index < -0.39 is 0 Å². The second-order valence-electron chi connectivity index (χ2n) is 6.57. The van der Waals surface area contributed by atoms with Crippen molar-refractivity contribution < 1.29 is 9.90 Å². The minimum Gasteiger partial charge on any atom is -0.393 e. The molecule has 2 fully saturated rings. The summed E-state index contributed by atoms with van der Waals surface area (Å²) < 4.78 is 0. The second-order valence-corrected chi connectivity index (χ2v) is 6.57. The van der Waals surface area contributed by atoms with Gasteiger partial charge in [-0.2, -0.15) is 0 Å². The van der Waals surface area contributed by atoms with Gasteiger partial charge in [-0.05, 0) is 43.7 Å². The molecule has 120 valence electrons. The highest BCUT2D eigenvalue weighted by atomic mass is 16.3. The summed E-state index contributed by atoms with van der Waals surface area (Å²) in [6.07, 6.45) is 8.78. The number of carbonyl (C=O) groups excluding carboxylic acids is 1. The number of aliphatic hydroxyl groups excluding tert-OH is 1. The van der Waals surface area contributed by atoms with Crippen molar-refractivity contribution in [1.29, 1.82) is 0 Å².